The summed E-state index contributed by atoms with van der Waals surface area (Å²) in [5, 5.41) is 0. The van der Waals surface area contributed by atoms with Gasteiger partial charge in [-0.05, 0) is 12.8 Å². The van der Waals surface area contributed by atoms with E-state index in [9.17, 15) is 0 Å². The lowest BCUT2D eigenvalue weighted by atomic mass is 10.2. The molecule has 2 aliphatic carbocycles. The minimum Gasteiger partial charge on any atom is -0.103 e. The summed E-state index contributed by atoms with van der Waals surface area (Å²) in [6.45, 7) is 4.53. The molecule has 2 aliphatic rings. The maximum absolute atomic E-state index is 2.79. The van der Waals surface area contributed by atoms with Gasteiger partial charge in [0, 0.05) is 11.1 Å². The Morgan fingerprint density at radius 2 is 1.32 bits per heavy atom. The van der Waals surface area contributed by atoms with E-state index in [0.29, 0.717) is 11.1 Å². The van der Waals surface area contributed by atoms with Crippen LogP contribution in [0, 0.1) is 0 Å². The standard InChI is InChI=1S/C16H22I2Si/c1-3-5-13-7-9-15(11-13)19(17,18)16-10-8-14(12-16)6-4-2/h7-12,15-16H,3-6H2,1-2H3. The molecule has 0 radical (unpaired) electrons. The molecule has 0 aromatic carbocycles. The molecule has 0 bridgehead atoms. The summed E-state index contributed by atoms with van der Waals surface area (Å²) in [7, 11) is 0. The molecule has 2 rings (SSSR count). The normalized spacial score (nSPS) is 25.9. The molecular formula is C16H22I2Si. The molecule has 19 heavy (non-hydrogen) atoms. The van der Waals surface area contributed by atoms with E-state index in [1.54, 1.807) is 11.1 Å². The van der Waals surface area contributed by atoms with Crippen molar-refractivity contribution in [3.63, 3.8) is 0 Å². The molecule has 2 unspecified atom stereocenters. The summed E-state index contributed by atoms with van der Waals surface area (Å²) in [6, 6.07) is 0. The van der Waals surface area contributed by atoms with Gasteiger partial charge in [-0.2, -0.15) is 0 Å². The van der Waals surface area contributed by atoms with Gasteiger partial charge in [0.15, 0.2) is 0 Å². The van der Waals surface area contributed by atoms with Gasteiger partial charge in [-0.3, -0.25) is 0 Å². The smallest absolute Gasteiger partial charge is 0.103 e. The number of hydrogen-bond acceptors (Lipinski definition) is 0. The first-order chi connectivity index (χ1) is 9.07. The predicted molar refractivity (Wildman–Crippen MR) is 106 cm³/mol. The van der Waals surface area contributed by atoms with Crippen LogP contribution in [-0.4, -0.2) is 3.07 Å². The van der Waals surface area contributed by atoms with Crippen LogP contribution in [0.25, 0.3) is 0 Å². The second-order valence-corrected chi connectivity index (χ2v) is 25.0. The van der Waals surface area contributed by atoms with Crippen LogP contribution in [0.4, 0.5) is 0 Å². The van der Waals surface area contributed by atoms with Crippen LogP contribution >= 0.6 is 43.6 Å². The lowest BCUT2D eigenvalue weighted by Gasteiger charge is -2.27. The highest BCUT2D eigenvalue weighted by molar-refractivity contribution is 14.3. The third kappa shape index (κ3) is 3.84. The average molecular weight is 496 g/mol. The fraction of sp³-hybridized carbons (Fsp3) is 0.500. The van der Waals surface area contributed by atoms with Crippen LogP contribution < -0.4 is 0 Å². The van der Waals surface area contributed by atoms with Crippen LogP contribution in [0.2, 0.25) is 11.1 Å². The summed E-state index contributed by atoms with van der Waals surface area (Å²) >= 11 is 5.58. The van der Waals surface area contributed by atoms with Crippen molar-refractivity contribution in [3.05, 3.63) is 47.6 Å². The molecule has 0 aromatic heterocycles. The molecule has 0 aliphatic heterocycles. The van der Waals surface area contributed by atoms with E-state index in [1.165, 1.54) is 25.7 Å². The molecule has 0 fully saturated rings. The quantitative estimate of drug-likeness (QED) is 0.220. The van der Waals surface area contributed by atoms with Crippen molar-refractivity contribution in [1.29, 1.82) is 0 Å². The Morgan fingerprint density at radius 1 is 0.895 bits per heavy atom. The molecule has 0 amide bonds. The first-order valence-corrected chi connectivity index (χ1v) is 15.6. The third-order valence-corrected chi connectivity index (χ3v) is 14.9. The number of allylic oxidation sites excluding steroid dienone is 8. The van der Waals surface area contributed by atoms with Gasteiger partial charge in [-0.15, -0.1) is 43.6 Å². The molecule has 0 saturated heterocycles. The highest BCUT2D eigenvalue weighted by Gasteiger charge is 2.42. The molecule has 0 N–H and O–H groups in total. The van der Waals surface area contributed by atoms with Crippen molar-refractivity contribution in [1.82, 2.24) is 0 Å². The third-order valence-electron chi connectivity index (χ3n) is 3.79. The van der Waals surface area contributed by atoms with Crippen LogP contribution in [-0.2, 0) is 0 Å². The van der Waals surface area contributed by atoms with Crippen molar-refractivity contribution in [2.45, 2.75) is 50.6 Å². The zero-order valence-corrected chi connectivity index (χ0v) is 17.0. The zero-order valence-electron chi connectivity index (χ0n) is 11.7. The molecule has 0 heterocycles. The first kappa shape index (κ1) is 16.0. The fourth-order valence-electron chi connectivity index (χ4n) is 2.75. The van der Waals surface area contributed by atoms with Gasteiger partial charge in [0.25, 0.3) is 0 Å². The number of hydrogen-bond donors (Lipinski definition) is 0. The maximum Gasteiger partial charge on any atom is 0.212 e. The number of rotatable bonds is 6. The van der Waals surface area contributed by atoms with Gasteiger partial charge in [0.1, 0.15) is 0 Å². The Kier molecular flexibility index (Phi) is 5.96. The van der Waals surface area contributed by atoms with Crippen molar-refractivity contribution in [2.75, 3.05) is 0 Å². The SMILES string of the molecule is CCCC1=CC([Si](I)(I)C2C=CC(CCC)=C2)C=C1. The van der Waals surface area contributed by atoms with E-state index in [4.69, 9.17) is 0 Å². The number of halogens is 2. The highest BCUT2D eigenvalue weighted by Crippen LogP contribution is 2.51. The Hall–Kier alpha value is 0.637. The van der Waals surface area contributed by atoms with E-state index in [0.717, 1.165) is 0 Å². The lowest BCUT2D eigenvalue weighted by Crippen LogP contribution is -2.27. The Balaban J connectivity index is 2.08. The minimum atomic E-state index is -1.37. The predicted octanol–water partition coefficient (Wildman–Crippen LogP) is 6.63. The average Bonchev–Trinajstić information content (AvgIpc) is 2.99. The summed E-state index contributed by atoms with van der Waals surface area (Å²) in [5.41, 5.74) is 4.50. The van der Waals surface area contributed by atoms with E-state index in [1.807, 2.05) is 0 Å². The fourth-order valence-corrected chi connectivity index (χ4v) is 9.42. The second-order valence-electron chi connectivity index (χ2n) is 5.43. The van der Waals surface area contributed by atoms with E-state index < -0.39 is 3.07 Å². The first-order valence-electron chi connectivity index (χ1n) is 7.23. The molecule has 0 spiro atoms. The highest BCUT2D eigenvalue weighted by atomic mass is 127. The van der Waals surface area contributed by atoms with Crippen LogP contribution in [0.1, 0.15) is 39.5 Å². The Morgan fingerprint density at radius 3 is 1.68 bits per heavy atom. The molecule has 3 heteroatoms. The van der Waals surface area contributed by atoms with Gasteiger partial charge in [-0.1, -0.05) is 74.3 Å². The van der Waals surface area contributed by atoms with Gasteiger partial charge < -0.3 is 0 Å². The monoisotopic (exact) mass is 496 g/mol. The molecule has 104 valence electrons. The van der Waals surface area contributed by atoms with E-state index in [2.05, 4.69) is 93.9 Å². The maximum atomic E-state index is 2.79. The zero-order chi connectivity index (χ0) is 13.9. The van der Waals surface area contributed by atoms with E-state index in [-0.39, 0.29) is 0 Å². The van der Waals surface area contributed by atoms with Crippen LogP contribution in [0.5, 0.6) is 0 Å². The summed E-state index contributed by atoms with van der Waals surface area (Å²) in [5.74, 6) is 0. The Bertz CT molecular complexity index is 404. The minimum absolute atomic E-state index is 0.696. The van der Waals surface area contributed by atoms with Gasteiger partial charge >= 0.3 is 0 Å². The van der Waals surface area contributed by atoms with Gasteiger partial charge in [0.05, 0.1) is 0 Å². The molecule has 0 nitrogen and oxygen atoms in total. The molecule has 0 aromatic rings. The van der Waals surface area contributed by atoms with Gasteiger partial charge in [0.2, 0.25) is 3.07 Å². The summed E-state index contributed by atoms with van der Waals surface area (Å²) in [4.78, 5) is 0. The molecular weight excluding hydrogens is 474 g/mol. The van der Waals surface area contributed by atoms with Crippen LogP contribution in [0.3, 0.4) is 0 Å². The lowest BCUT2D eigenvalue weighted by molar-refractivity contribution is 0.926. The van der Waals surface area contributed by atoms with Crippen molar-refractivity contribution in [3.8, 4) is 0 Å². The van der Waals surface area contributed by atoms with Crippen molar-refractivity contribution < 1.29 is 0 Å². The molecule has 2 atom stereocenters. The summed E-state index contributed by atoms with van der Waals surface area (Å²) in [6.07, 6.45) is 19.7. The second kappa shape index (κ2) is 7.07. The van der Waals surface area contributed by atoms with Crippen LogP contribution in [0.15, 0.2) is 47.6 Å². The summed E-state index contributed by atoms with van der Waals surface area (Å²) < 4.78 is -1.37. The topological polar surface area (TPSA) is 0 Å². The van der Waals surface area contributed by atoms with Crippen molar-refractivity contribution >= 4 is 46.7 Å². The van der Waals surface area contributed by atoms with E-state index >= 15 is 0 Å². The Labute approximate surface area is 143 Å². The van der Waals surface area contributed by atoms with Crippen molar-refractivity contribution in [2.24, 2.45) is 0 Å². The van der Waals surface area contributed by atoms with Gasteiger partial charge in [-0.25, -0.2) is 0 Å². The largest absolute Gasteiger partial charge is 0.212 e. The molecule has 0 saturated carbocycles.